The van der Waals surface area contributed by atoms with Crippen LogP contribution in [0, 0.1) is 6.07 Å². The number of nitrogens with one attached hydrogen (secondary N) is 1. The lowest BCUT2D eigenvalue weighted by Crippen LogP contribution is -2.22. The summed E-state index contributed by atoms with van der Waals surface area (Å²) in [6, 6.07) is 17.6. The van der Waals surface area contributed by atoms with Gasteiger partial charge in [-0.05, 0) is 34.9 Å². The first-order valence-corrected chi connectivity index (χ1v) is 13.5. The van der Waals surface area contributed by atoms with E-state index in [-0.39, 0.29) is 23.0 Å². The van der Waals surface area contributed by atoms with Gasteiger partial charge in [-0.1, -0.05) is 53.5 Å². The summed E-state index contributed by atoms with van der Waals surface area (Å²) in [6.07, 6.45) is 4.53. The Kier molecular flexibility index (Phi) is 6.45. The zero-order chi connectivity index (χ0) is 25.4. The fourth-order valence-corrected chi connectivity index (χ4v) is 5.13. The molecule has 3 N–H and O–H groups in total. The Morgan fingerprint density at radius 1 is 1.11 bits per heavy atom. The zero-order valence-electron chi connectivity index (χ0n) is 18.9. The number of hydrogen-bond donors (Lipinski definition) is 2. The molecule has 4 aromatic rings. The van der Waals surface area contributed by atoms with E-state index in [1.165, 1.54) is 0 Å². The molecule has 2 atom stereocenters. The summed E-state index contributed by atoms with van der Waals surface area (Å²) in [4.78, 5) is 14.2. The van der Waals surface area contributed by atoms with Crippen LogP contribution in [0.3, 0.4) is 0 Å². The molecule has 0 saturated carbocycles. The lowest BCUT2D eigenvalue weighted by atomic mass is 10.0. The summed E-state index contributed by atoms with van der Waals surface area (Å²) in [6.45, 7) is 0. The number of hydrogen-bond acceptors (Lipinski definition) is 6. The Morgan fingerprint density at radius 2 is 1.92 bits per heavy atom. The van der Waals surface area contributed by atoms with Crippen LogP contribution in [0.4, 0.5) is 5.69 Å². The van der Waals surface area contributed by atoms with E-state index in [1.54, 1.807) is 24.5 Å². The summed E-state index contributed by atoms with van der Waals surface area (Å²) in [5.74, 6) is 0. The number of halogens is 2. The molecule has 0 saturated heterocycles. The van der Waals surface area contributed by atoms with Crippen molar-refractivity contribution < 1.29 is 13.3 Å². The van der Waals surface area contributed by atoms with E-state index in [0.29, 0.717) is 33.5 Å². The maximum atomic E-state index is 11.6. The van der Waals surface area contributed by atoms with Gasteiger partial charge in [0.1, 0.15) is 5.56 Å². The first-order chi connectivity index (χ1) is 17.2. The topological polar surface area (TPSA) is 112 Å². The number of rotatable bonds is 4. The second-order valence-corrected chi connectivity index (χ2v) is 10.9. The molecule has 36 heavy (non-hydrogen) atoms. The highest BCUT2D eigenvalue weighted by Crippen LogP contribution is 2.33. The van der Waals surface area contributed by atoms with Gasteiger partial charge in [0.2, 0.25) is 21.1 Å². The molecule has 2 unspecified atom stereocenters. The standard InChI is InChI=1S/C25H20Cl2N5O3S/c1-36(33,34)32-21-9-16(11-30-25(21)27)14-6-7-20-19(8-14)23(26)17(12-29-20)13-31-35-22-10-15-4-2-3-5-18(15)24(22)28/h2-9,11-12,22,24,32H,10,28H2,1H3/q+1. The maximum Gasteiger partial charge on any atom is 0.391 e. The molecule has 0 bridgehead atoms. The molecule has 1 aliphatic rings. The van der Waals surface area contributed by atoms with Gasteiger partial charge in [0.05, 0.1) is 34.7 Å². The molecule has 1 aliphatic carbocycles. The minimum absolute atomic E-state index is 0.0443. The van der Waals surface area contributed by atoms with Crippen molar-refractivity contribution in [3.8, 4) is 17.2 Å². The van der Waals surface area contributed by atoms with Crippen LogP contribution in [0.2, 0.25) is 10.2 Å². The van der Waals surface area contributed by atoms with Gasteiger partial charge < -0.3 is 5.73 Å². The molecular formula is C25H20Cl2N5O3S+. The van der Waals surface area contributed by atoms with Crippen LogP contribution in [0.5, 0.6) is 0 Å². The van der Waals surface area contributed by atoms with E-state index in [4.69, 9.17) is 33.8 Å². The van der Waals surface area contributed by atoms with Crippen LogP contribution in [0.25, 0.3) is 27.0 Å². The number of nitrogens with two attached hydrogens (primary N) is 1. The fraction of sp³-hybridized carbons (Fsp3) is 0.160. The lowest BCUT2D eigenvalue weighted by molar-refractivity contribution is 0.125. The van der Waals surface area contributed by atoms with Crippen molar-refractivity contribution in [3.05, 3.63) is 92.8 Å². The first-order valence-electron chi connectivity index (χ1n) is 10.9. The van der Waals surface area contributed by atoms with Crippen molar-refractivity contribution >= 4 is 49.8 Å². The summed E-state index contributed by atoms with van der Waals surface area (Å²) in [5, 5.41) is 5.11. The van der Waals surface area contributed by atoms with Crippen LogP contribution >= 0.6 is 23.2 Å². The first kappa shape index (κ1) is 24.3. The number of sulfonamides is 1. The van der Waals surface area contributed by atoms with Gasteiger partial charge in [0.15, 0.2) is 5.15 Å². The number of anilines is 1. The minimum Gasteiger partial charge on any atom is -0.321 e. The van der Waals surface area contributed by atoms with Crippen molar-refractivity contribution in [2.75, 3.05) is 11.0 Å². The van der Waals surface area contributed by atoms with Gasteiger partial charge in [-0.2, -0.15) is 4.84 Å². The molecule has 2 heterocycles. The highest BCUT2D eigenvalue weighted by atomic mass is 35.5. The van der Waals surface area contributed by atoms with E-state index in [2.05, 4.69) is 25.8 Å². The van der Waals surface area contributed by atoms with E-state index < -0.39 is 10.0 Å². The van der Waals surface area contributed by atoms with Crippen molar-refractivity contribution in [2.45, 2.75) is 18.6 Å². The maximum absolute atomic E-state index is 11.6. The Bertz CT molecular complexity index is 1670. The average molecular weight is 541 g/mol. The molecule has 5 rings (SSSR count). The number of aromatic nitrogens is 2. The molecule has 2 aromatic carbocycles. The van der Waals surface area contributed by atoms with Crippen molar-refractivity contribution in [1.82, 2.24) is 9.97 Å². The number of fused-ring (bicyclic) bond motifs is 2. The molecule has 182 valence electrons. The van der Waals surface area contributed by atoms with E-state index in [9.17, 15) is 8.42 Å². The van der Waals surface area contributed by atoms with Gasteiger partial charge in [0.25, 0.3) is 0 Å². The van der Waals surface area contributed by atoms with Gasteiger partial charge in [-0.3, -0.25) is 9.71 Å². The molecule has 11 heteroatoms. The van der Waals surface area contributed by atoms with Crippen molar-refractivity contribution in [3.63, 3.8) is 0 Å². The highest BCUT2D eigenvalue weighted by molar-refractivity contribution is 7.92. The average Bonchev–Trinajstić information content (AvgIpc) is 3.16. The zero-order valence-corrected chi connectivity index (χ0v) is 21.3. The van der Waals surface area contributed by atoms with Gasteiger partial charge in [-0.25, -0.2) is 13.4 Å². The quantitative estimate of drug-likeness (QED) is 0.271. The third kappa shape index (κ3) is 4.94. The van der Waals surface area contributed by atoms with Crippen LogP contribution in [-0.4, -0.2) is 30.7 Å². The molecule has 0 fully saturated rings. The molecule has 0 radical (unpaired) electrons. The second-order valence-electron chi connectivity index (χ2n) is 8.43. The predicted molar refractivity (Wildman–Crippen MR) is 142 cm³/mol. The molecule has 0 aliphatic heterocycles. The van der Waals surface area contributed by atoms with Crippen LogP contribution in [0.1, 0.15) is 22.7 Å². The number of nitrogens with zero attached hydrogens (tertiary/aromatic N) is 3. The molecule has 0 amide bonds. The third-order valence-electron chi connectivity index (χ3n) is 5.86. The summed E-state index contributed by atoms with van der Waals surface area (Å²) < 4.78 is 25.7. The predicted octanol–water partition coefficient (Wildman–Crippen LogP) is 5.21. The third-order valence-corrected chi connectivity index (χ3v) is 7.16. The number of pyridine rings is 2. The molecule has 2 aromatic heterocycles. The van der Waals surface area contributed by atoms with Crippen LogP contribution < -0.4 is 10.5 Å². The Morgan fingerprint density at radius 3 is 2.69 bits per heavy atom. The lowest BCUT2D eigenvalue weighted by Gasteiger charge is -2.09. The summed E-state index contributed by atoms with van der Waals surface area (Å²) in [7, 11) is -3.52. The molecule has 8 nitrogen and oxygen atoms in total. The van der Waals surface area contributed by atoms with Gasteiger partial charge in [-0.15, -0.1) is 0 Å². The SMILES string of the molecule is CS(=O)(=O)Nc1cc(-c2ccc3ncc(C#[N+]OC4Cc5ccccc5C4N)c(Cl)c3c2)cnc1Cl. The molecule has 0 spiro atoms. The fourth-order valence-electron chi connectivity index (χ4n) is 4.13. The Hall–Kier alpha value is -3.42. The minimum atomic E-state index is -3.52. The van der Waals surface area contributed by atoms with Gasteiger partial charge >= 0.3 is 6.07 Å². The Balaban J connectivity index is 1.42. The van der Waals surface area contributed by atoms with Crippen LogP contribution in [-0.2, 0) is 21.3 Å². The Labute approximate surface area is 217 Å². The number of benzene rings is 2. The van der Waals surface area contributed by atoms with E-state index in [1.807, 2.05) is 36.4 Å². The summed E-state index contributed by atoms with van der Waals surface area (Å²) in [5.41, 5.74) is 11.2. The van der Waals surface area contributed by atoms with Crippen LogP contribution in [0.15, 0.2) is 60.9 Å². The van der Waals surface area contributed by atoms with Gasteiger partial charge in [0, 0.05) is 23.6 Å². The monoisotopic (exact) mass is 540 g/mol. The smallest absolute Gasteiger partial charge is 0.321 e. The van der Waals surface area contributed by atoms with Crippen molar-refractivity contribution in [1.29, 1.82) is 0 Å². The highest BCUT2D eigenvalue weighted by Gasteiger charge is 2.34. The van der Waals surface area contributed by atoms with E-state index >= 15 is 0 Å². The van der Waals surface area contributed by atoms with Crippen molar-refractivity contribution in [2.24, 2.45) is 5.73 Å². The second kappa shape index (κ2) is 9.56. The molecular weight excluding hydrogens is 521 g/mol. The van der Waals surface area contributed by atoms with E-state index in [0.717, 1.165) is 22.9 Å². The normalized spacial score (nSPS) is 16.8. The summed E-state index contributed by atoms with van der Waals surface area (Å²) >= 11 is 12.7. The largest absolute Gasteiger partial charge is 0.391 e.